The van der Waals surface area contributed by atoms with E-state index in [-0.39, 0.29) is 0 Å². The van der Waals surface area contributed by atoms with Crippen LogP contribution in [0.1, 0.15) is 19.3 Å². The molecule has 0 amide bonds. The van der Waals surface area contributed by atoms with Gasteiger partial charge in [-0.05, 0) is 56.9 Å². The molecule has 0 unspecified atom stereocenters. The highest BCUT2D eigenvalue weighted by molar-refractivity contribution is 7.91. The quantitative estimate of drug-likeness (QED) is 0.873. The van der Waals surface area contributed by atoms with Crippen LogP contribution in [0, 0.1) is 5.92 Å². The first-order valence-corrected chi connectivity index (χ1v) is 10.9. The van der Waals surface area contributed by atoms with Crippen LogP contribution in [0.25, 0.3) is 0 Å². The molecule has 0 aliphatic carbocycles. The van der Waals surface area contributed by atoms with Crippen LogP contribution in [0.15, 0.2) is 16.3 Å². The van der Waals surface area contributed by atoms with E-state index >= 15 is 0 Å². The van der Waals surface area contributed by atoms with Crippen LogP contribution in [0.2, 0.25) is 4.34 Å². The Morgan fingerprint density at radius 1 is 1.17 bits per heavy atom. The summed E-state index contributed by atoms with van der Waals surface area (Å²) in [6.07, 6.45) is 3.35. The van der Waals surface area contributed by atoms with Crippen LogP contribution in [-0.4, -0.2) is 63.4 Å². The first-order chi connectivity index (χ1) is 11.1. The van der Waals surface area contributed by atoms with Crippen LogP contribution >= 0.6 is 22.9 Å². The molecule has 2 aliphatic rings. The molecule has 2 saturated heterocycles. The van der Waals surface area contributed by atoms with Crippen molar-refractivity contribution in [3.05, 3.63) is 16.5 Å². The smallest absolute Gasteiger partial charge is 0.252 e. The topological polar surface area (TPSA) is 52.7 Å². The molecule has 8 heteroatoms. The van der Waals surface area contributed by atoms with E-state index in [0.717, 1.165) is 56.4 Å². The fourth-order valence-electron chi connectivity index (χ4n) is 3.36. The molecule has 2 aliphatic heterocycles. The number of thiophene rings is 1. The zero-order valence-electron chi connectivity index (χ0n) is 13.2. The zero-order valence-corrected chi connectivity index (χ0v) is 15.6. The van der Waals surface area contributed by atoms with Crippen molar-refractivity contribution in [2.75, 3.05) is 45.8 Å². The molecule has 5 nitrogen and oxygen atoms in total. The van der Waals surface area contributed by atoms with Crippen LogP contribution in [-0.2, 0) is 10.0 Å². The molecular formula is C15H24ClN3O2S2. The fourth-order valence-corrected chi connectivity index (χ4v) is 6.47. The summed E-state index contributed by atoms with van der Waals surface area (Å²) >= 11 is 7.03. The maximum absolute atomic E-state index is 12.7. The highest BCUT2D eigenvalue weighted by atomic mass is 35.5. The third-order valence-corrected chi connectivity index (χ3v) is 8.26. The molecule has 0 saturated carbocycles. The Hall–Kier alpha value is -0.180. The van der Waals surface area contributed by atoms with Crippen molar-refractivity contribution in [1.29, 1.82) is 0 Å². The standard InChI is InChI=1S/C15H24ClN3O2S2/c16-14-2-3-15(22-14)23(20,21)19-9-1-8-18(10-11-19)12-13-4-6-17-7-5-13/h2-3,13,17H,1,4-12H2. The lowest BCUT2D eigenvalue weighted by molar-refractivity contribution is 0.213. The van der Waals surface area contributed by atoms with Crippen molar-refractivity contribution >= 4 is 33.0 Å². The minimum Gasteiger partial charge on any atom is -0.317 e. The molecule has 2 fully saturated rings. The second-order valence-corrected chi connectivity index (χ2v) is 10.2. The first-order valence-electron chi connectivity index (χ1n) is 8.24. The predicted molar refractivity (Wildman–Crippen MR) is 94.7 cm³/mol. The number of hydrogen-bond donors (Lipinski definition) is 1. The van der Waals surface area contributed by atoms with Gasteiger partial charge in [-0.3, -0.25) is 0 Å². The second-order valence-electron chi connectivity index (χ2n) is 6.31. The van der Waals surface area contributed by atoms with Gasteiger partial charge in [0.1, 0.15) is 4.21 Å². The molecule has 0 atom stereocenters. The van der Waals surface area contributed by atoms with Gasteiger partial charge in [-0.25, -0.2) is 8.42 Å². The maximum Gasteiger partial charge on any atom is 0.252 e. The summed E-state index contributed by atoms with van der Waals surface area (Å²) in [6, 6.07) is 3.26. The van der Waals surface area contributed by atoms with Crippen LogP contribution in [0.3, 0.4) is 0 Å². The van der Waals surface area contributed by atoms with Crippen LogP contribution in [0.5, 0.6) is 0 Å². The highest BCUT2D eigenvalue weighted by Gasteiger charge is 2.28. The average Bonchev–Trinajstić information content (AvgIpc) is 2.84. The predicted octanol–water partition coefficient (Wildman–Crippen LogP) is 2.10. The van der Waals surface area contributed by atoms with E-state index in [1.54, 1.807) is 16.4 Å². The van der Waals surface area contributed by atoms with Gasteiger partial charge in [0.2, 0.25) is 0 Å². The normalized spacial score (nSPS) is 23.0. The number of piperidine rings is 1. The zero-order chi connectivity index (χ0) is 16.3. The van der Waals surface area contributed by atoms with Crippen LogP contribution in [0.4, 0.5) is 0 Å². The van der Waals surface area contributed by atoms with E-state index in [0.29, 0.717) is 21.6 Å². The van der Waals surface area contributed by atoms with E-state index in [9.17, 15) is 8.42 Å². The highest BCUT2D eigenvalue weighted by Crippen LogP contribution is 2.28. The number of hydrogen-bond acceptors (Lipinski definition) is 5. The van der Waals surface area contributed by atoms with Gasteiger partial charge in [-0.2, -0.15) is 4.31 Å². The van der Waals surface area contributed by atoms with E-state index in [1.165, 1.54) is 12.8 Å². The first kappa shape index (κ1) is 17.6. The Morgan fingerprint density at radius 2 is 1.96 bits per heavy atom. The average molecular weight is 378 g/mol. The van der Waals surface area contributed by atoms with Crippen molar-refractivity contribution in [3.63, 3.8) is 0 Å². The summed E-state index contributed by atoms with van der Waals surface area (Å²) in [5, 5.41) is 3.40. The molecule has 1 aromatic rings. The number of sulfonamides is 1. The molecule has 3 heterocycles. The Bertz CT molecular complexity index is 614. The van der Waals surface area contributed by atoms with Crippen molar-refractivity contribution in [3.8, 4) is 0 Å². The van der Waals surface area contributed by atoms with Gasteiger partial charge in [-0.1, -0.05) is 11.6 Å². The Kier molecular flexibility index (Phi) is 5.98. The lowest BCUT2D eigenvalue weighted by Crippen LogP contribution is -2.38. The lowest BCUT2D eigenvalue weighted by Gasteiger charge is -2.29. The van der Waals surface area contributed by atoms with E-state index in [2.05, 4.69) is 10.2 Å². The van der Waals surface area contributed by atoms with Crippen LogP contribution < -0.4 is 5.32 Å². The summed E-state index contributed by atoms with van der Waals surface area (Å²) in [6.45, 7) is 6.30. The molecule has 0 spiro atoms. The number of halogens is 1. The largest absolute Gasteiger partial charge is 0.317 e. The van der Waals surface area contributed by atoms with Gasteiger partial charge in [0.25, 0.3) is 10.0 Å². The van der Waals surface area contributed by atoms with Gasteiger partial charge in [-0.15, -0.1) is 11.3 Å². The molecule has 130 valence electrons. The second kappa shape index (κ2) is 7.80. The third kappa shape index (κ3) is 4.46. The molecule has 1 N–H and O–H groups in total. The van der Waals surface area contributed by atoms with Gasteiger partial charge in [0.05, 0.1) is 4.34 Å². The Balaban J connectivity index is 1.59. The minimum absolute atomic E-state index is 0.356. The van der Waals surface area contributed by atoms with Gasteiger partial charge in [0.15, 0.2) is 0 Å². The number of nitrogens with zero attached hydrogens (tertiary/aromatic N) is 2. The summed E-state index contributed by atoms with van der Waals surface area (Å²) in [5.74, 6) is 0.746. The van der Waals surface area contributed by atoms with Crippen molar-refractivity contribution < 1.29 is 8.42 Å². The molecule has 0 bridgehead atoms. The lowest BCUT2D eigenvalue weighted by atomic mass is 9.97. The van der Waals surface area contributed by atoms with Gasteiger partial charge >= 0.3 is 0 Å². The maximum atomic E-state index is 12.7. The van der Waals surface area contributed by atoms with E-state index < -0.39 is 10.0 Å². The van der Waals surface area contributed by atoms with Crippen molar-refractivity contribution in [2.24, 2.45) is 5.92 Å². The molecule has 0 aromatic carbocycles. The Labute approximate surface area is 147 Å². The summed E-state index contributed by atoms with van der Waals surface area (Å²) in [4.78, 5) is 2.44. The molecule has 1 aromatic heterocycles. The number of rotatable bonds is 4. The molecule has 23 heavy (non-hydrogen) atoms. The Morgan fingerprint density at radius 3 is 2.65 bits per heavy atom. The monoisotopic (exact) mass is 377 g/mol. The molecular weight excluding hydrogens is 354 g/mol. The summed E-state index contributed by atoms with van der Waals surface area (Å²) < 4.78 is 27.9. The van der Waals surface area contributed by atoms with Crippen molar-refractivity contribution in [2.45, 2.75) is 23.5 Å². The SMILES string of the molecule is O=S(=O)(c1ccc(Cl)s1)N1CCCN(CC2CCNCC2)CC1. The minimum atomic E-state index is -3.39. The fraction of sp³-hybridized carbons (Fsp3) is 0.733. The summed E-state index contributed by atoms with van der Waals surface area (Å²) in [7, 11) is -3.39. The van der Waals surface area contributed by atoms with E-state index in [1.807, 2.05) is 0 Å². The van der Waals surface area contributed by atoms with E-state index in [4.69, 9.17) is 11.6 Å². The van der Waals surface area contributed by atoms with Crippen molar-refractivity contribution in [1.82, 2.24) is 14.5 Å². The summed E-state index contributed by atoms with van der Waals surface area (Å²) in [5.41, 5.74) is 0. The molecule has 0 radical (unpaired) electrons. The third-order valence-electron chi connectivity index (χ3n) is 4.67. The molecule has 3 rings (SSSR count). The van der Waals surface area contributed by atoms with Gasteiger partial charge < -0.3 is 10.2 Å². The number of nitrogens with one attached hydrogen (secondary N) is 1. The van der Waals surface area contributed by atoms with Gasteiger partial charge in [0, 0.05) is 26.2 Å².